The van der Waals surface area contributed by atoms with Gasteiger partial charge in [0, 0.05) is 17.2 Å². The third kappa shape index (κ3) is 3.23. The molecule has 0 bridgehead atoms. The van der Waals surface area contributed by atoms with E-state index >= 15 is 0 Å². The summed E-state index contributed by atoms with van der Waals surface area (Å²) in [5.41, 5.74) is 5.24. The summed E-state index contributed by atoms with van der Waals surface area (Å²) in [5, 5.41) is 2.56. The SMILES string of the molecule is O=C(Nc1ccc(F)cc1F)N1CC[NH+](C2c3ccccc3-c3ccccc32)CC1. The Bertz CT molecular complexity index is 1060. The quantitative estimate of drug-likeness (QED) is 0.672. The summed E-state index contributed by atoms with van der Waals surface area (Å²) in [6.45, 7) is 2.74. The number of urea groups is 1. The minimum Gasteiger partial charge on any atom is -0.322 e. The van der Waals surface area contributed by atoms with Crippen molar-refractivity contribution in [3.8, 4) is 11.1 Å². The summed E-state index contributed by atoms with van der Waals surface area (Å²) < 4.78 is 26.9. The largest absolute Gasteiger partial charge is 0.322 e. The number of amides is 2. The van der Waals surface area contributed by atoms with Crippen LogP contribution in [-0.2, 0) is 0 Å². The molecule has 4 nitrogen and oxygen atoms in total. The Kier molecular flexibility index (Phi) is 4.71. The van der Waals surface area contributed by atoms with Crippen LogP contribution in [-0.4, -0.2) is 37.1 Å². The Morgan fingerprint density at radius 2 is 1.50 bits per heavy atom. The number of nitrogens with zero attached hydrogens (tertiary/aromatic N) is 1. The van der Waals surface area contributed by atoms with Crippen LogP contribution in [0.5, 0.6) is 0 Å². The first-order valence-corrected chi connectivity index (χ1v) is 10.2. The molecule has 152 valence electrons. The first-order valence-electron chi connectivity index (χ1n) is 10.2. The van der Waals surface area contributed by atoms with Gasteiger partial charge in [-0.05, 0) is 23.3 Å². The Morgan fingerprint density at radius 1 is 0.900 bits per heavy atom. The lowest BCUT2D eigenvalue weighted by molar-refractivity contribution is -0.928. The van der Waals surface area contributed by atoms with E-state index in [0.29, 0.717) is 13.1 Å². The molecule has 0 saturated carbocycles. The van der Waals surface area contributed by atoms with E-state index in [1.807, 2.05) is 0 Å². The van der Waals surface area contributed by atoms with Gasteiger partial charge in [-0.15, -0.1) is 0 Å². The van der Waals surface area contributed by atoms with Crippen LogP contribution in [0.1, 0.15) is 17.2 Å². The lowest BCUT2D eigenvalue weighted by atomic mass is 10.0. The molecule has 6 heteroatoms. The van der Waals surface area contributed by atoms with E-state index in [1.165, 1.54) is 33.2 Å². The van der Waals surface area contributed by atoms with Gasteiger partial charge in [0.05, 0.1) is 31.9 Å². The van der Waals surface area contributed by atoms with Gasteiger partial charge in [-0.2, -0.15) is 0 Å². The second-order valence-electron chi connectivity index (χ2n) is 7.81. The van der Waals surface area contributed by atoms with Crippen LogP contribution in [0.2, 0.25) is 0 Å². The monoisotopic (exact) mass is 406 g/mol. The molecule has 2 aliphatic rings. The maximum Gasteiger partial charge on any atom is 0.322 e. The summed E-state index contributed by atoms with van der Waals surface area (Å²) in [6.07, 6.45) is 0. The smallest absolute Gasteiger partial charge is 0.322 e. The molecule has 0 aromatic heterocycles. The Balaban J connectivity index is 1.30. The number of anilines is 1. The Morgan fingerprint density at radius 3 is 2.10 bits per heavy atom. The van der Waals surface area contributed by atoms with Crippen LogP contribution >= 0.6 is 0 Å². The van der Waals surface area contributed by atoms with E-state index in [2.05, 4.69) is 53.8 Å². The molecule has 2 amide bonds. The maximum absolute atomic E-state index is 13.8. The van der Waals surface area contributed by atoms with Crippen LogP contribution in [0.15, 0.2) is 66.7 Å². The second kappa shape index (κ2) is 7.54. The number of fused-ring (bicyclic) bond motifs is 3. The van der Waals surface area contributed by atoms with Crippen molar-refractivity contribution in [2.75, 3.05) is 31.5 Å². The fraction of sp³-hybridized carbons (Fsp3) is 0.208. The number of halogens is 2. The predicted octanol–water partition coefficient (Wildman–Crippen LogP) is 3.47. The standard InChI is InChI=1S/C24H21F2N3O/c25-16-9-10-22(21(26)15-16)27-24(30)29-13-11-28(12-14-29)23-19-7-3-1-5-17(19)18-6-2-4-8-20(18)23/h1-10,15,23H,11-14H2,(H,27,30)/p+1. The third-order valence-corrected chi connectivity index (χ3v) is 6.11. The zero-order chi connectivity index (χ0) is 20.7. The molecule has 0 unspecified atom stereocenters. The van der Waals surface area contributed by atoms with Crippen molar-refractivity contribution in [2.24, 2.45) is 0 Å². The lowest BCUT2D eigenvalue weighted by Gasteiger charge is -2.36. The lowest BCUT2D eigenvalue weighted by Crippen LogP contribution is -3.15. The molecular weight excluding hydrogens is 384 g/mol. The van der Waals surface area contributed by atoms with Crippen LogP contribution in [0.4, 0.5) is 19.3 Å². The van der Waals surface area contributed by atoms with Crippen molar-refractivity contribution in [2.45, 2.75) is 6.04 Å². The molecule has 0 atom stereocenters. The van der Waals surface area contributed by atoms with Gasteiger partial charge in [-0.1, -0.05) is 48.5 Å². The third-order valence-electron chi connectivity index (χ3n) is 6.11. The molecule has 1 heterocycles. The highest BCUT2D eigenvalue weighted by atomic mass is 19.1. The fourth-order valence-electron chi connectivity index (χ4n) is 4.67. The number of hydrogen-bond acceptors (Lipinski definition) is 1. The molecule has 5 rings (SSSR count). The van der Waals surface area contributed by atoms with Gasteiger partial charge in [0.25, 0.3) is 0 Å². The zero-order valence-corrected chi connectivity index (χ0v) is 16.4. The summed E-state index contributed by atoms with van der Waals surface area (Å²) >= 11 is 0. The van der Waals surface area contributed by atoms with Gasteiger partial charge in [0.1, 0.15) is 17.7 Å². The minimum absolute atomic E-state index is 0.00479. The topological polar surface area (TPSA) is 36.8 Å². The summed E-state index contributed by atoms with van der Waals surface area (Å²) in [4.78, 5) is 15.7. The molecule has 2 N–H and O–H groups in total. The van der Waals surface area contributed by atoms with Crippen LogP contribution in [0.3, 0.4) is 0 Å². The fourth-order valence-corrected chi connectivity index (χ4v) is 4.67. The molecule has 0 radical (unpaired) electrons. The van der Waals surface area contributed by atoms with Crippen molar-refractivity contribution in [1.29, 1.82) is 0 Å². The van der Waals surface area contributed by atoms with E-state index in [0.717, 1.165) is 25.2 Å². The number of nitrogens with one attached hydrogen (secondary N) is 2. The molecular formula is C24H22F2N3O+. The highest BCUT2D eigenvalue weighted by Crippen LogP contribution is 2.41. The first kappa shape index (κ1) is 18.8. The average molecular weight is 406 g/mol. The molecule has 3 aromatic rings. The number of hydrogen-bond donors (Lipinski definition) is 2. The first-order chi connectivity index (χ1) is 14.6. The average Bonchev–Trinajstić information content (AvgIpc) is 3.10. The molecule has 1 aliphatic carbocycles. The second-order valence-corrected chi connectivity index (χ2v) is 7.81. The molecule has 0 spiro atoms. The van der Waals surface area contributed by atoms with Crippen LogP contribution in [0.25, 0.3) is 11.1 Å². The predicted molar refractivity (Wildman–Crippen MR) is 111 cm³/mol. The van der Waals surface area contributed by atoms with Crippen LogP contribution < -0.4 is 10.2 Å². The van der Waals surface area contributed by atoms with Crippen molar-refractivity contribution >= 4 is 11.7 Å². The number of piperazine rings is 1. The number of carbonyl (C=O) groups excluding carboxylic acids is 1. The normalized spacial score (nSPS) is 16.3. The maximum atomic E-state index is 13.8. The van der Waals surface area contributed by atoms with Crippen molar-refractivity contribution in [3.05, 3.63) is 89.5 Å². The highest BCUT2D eigenvalue weighted by molar-refractivity contribution is 5.89. The zero-order valence-electron chi connectivity index (χ0n) is 16.4. The summed E-state index contributed by atoms with van der Waals surface area (Å²) in [7, 11) is 0. The number of quaternary nitrogens is 1. The Labute approximate surface area is 173 Å². The Hall–Kier alpha value is -3.25. The number of rotatable bonds is 2. The molecule has 30 heavy (non-hydrogen) atoms. The van der Waals surface area contributed by atoms with Gasteiger partial charge >= 0.3 is 6.03 Å². The number of carbonyl (C=O) groups is 1. The van der Waals surface area contributed by atoms with Gasteiger partial charge in [-0.3, -0.25) is 0 Å². The van der Waals surface area contributed by atoms with E-state index in [1.54, 1.807) is 4.90 Å². The van der Waals surface area contributed by atoms with Crippen molar-refractivity contribution in [3.63, 3.8) is 0 Å². The summed E-state index contributed by atoms with van der Waals surface area (Å²) in [6, 6.07) is 20.1. The van der Waals surface area contributed by atoms with Gasteiger partial charge in [-0.25, -0.2) is 13.6 Å². The highest BCUT2D eigenvalue weighted by Gasteiger charge is 2.38. The van der Waals surface area contributed by atoms with Crippen molar-refractivity contribution in [1.82, 2.24) is 4.90 Å². The molecule has 1 aliphatic heterocycles. The molecule has 3 aromatic carbocycles. The van der Waals surface area contributed by atoms with E-state index in [-0.39, 0.29) is 17.8 Å². The minimum atomic E-state index is -0.771. The molecule has 1 saturated heterocycles. The number of benzene rings is 3. The van der Waals surface area contributed by atoms with Crippen molar-refractivity contribution < 1.29 is 18.5 Å². The van der Waals surface area contributed by atoms with E-state index < -0.39 is 11.6 Å². The molecule has 1 fully saturated rings. The van der Waals surface area contributed by atoms with Gasteiger partial charge in [0.2, 0.25) is 0 Å². The van der Waals surface area contributed by atoms with E-state index in [9.17, 15) is 13.6 Å². The van der Waals surface area contributed by atoms with E-state index in [4.69, 9.17) is 0 Å². The van der Waals surface area contributed by atoms with Gasteiger partial charge < -0.3 is 15.1 Å². The van der Waals surface area contributed by atoms with Gasteiger partial charge in [0.15, 0.2) is 0 Å². The van der Waals surface area contributed by atoms with Crippen LogP contribution in [0, 0.1) is 11.6 Å². The summed E-state index contributed by atoms with van der Waals surface area (Å²) in [5.74, 6) is -1.44.